The van der Waals surface area contributed by atoms with Gasteiger partial charge in [-0.05, 0) is 43.9 Å². The summed E-state index contributed by atoms with van der Waals surface area (Å²) in [7, 11) is 5.18. The van der Waals surface area contributed by atoms with E-state index in [9.17, 15) is 19.1 Å². The van der Waals surface area contributed by atoms with Crippen LogP contribution >= 0.6 is 0 Å². The van der Waals surface area contributed by atoms with Crippen molar-refractivity contribution in [1.82, 2.24) is 9.80 Å². The van der Waals surface area contributed by atoms with Crippen LogP contribution in [0.4, 0.5) is 4.39 Å². The smallest absolute Gasteiger partial charge is 0.295 e. The number of carbonyl (C=O) groups excluding carboxylic acids is 2. The maximum Gasteiger partial charge on any atom is 0.295 e. The molecule has 29 heavy (non-hydrogen) atoms. The van der Waals surface area contributed by atoms with Crippen molar-refractivity contribution < 1.29 is 23.8 Å². The highest BCUT2D eigenvalue weighted by atomic mass is 19.1. The molecule has 2 aromatic rings. The average Bonchev–Trinajstić information content (AvgIpc) is 2.97. The van der Waals surface area contributed by atoms with Crippen LogP contribution in [-0.2, 0) is 9.59 Å². The van der Waals surface area contributed by atoms with E-state index in [2.05, 4.69) is 0 Å². The molecule has 1 heterocycles. The molecule has 1 saturated heterocycles. The number of halogens is 1. The summed E-state index contributed by atoms with van der Waals surface area (Å²) in [5.74, 6) is -1.84. The van der Waals surface area contributed by atoms with E-state index in [1.807, 2.05) is 19.0 Å². The average molecular weight is 398 g/mol. The number of carbonyl (C=O) groups is 2. The largest absolute Gasteiger partial charge is 0.507 e. The molecule has 7 heteroatoms. The molecule has 1 atom stereocenters. The second-order valence-electron chi connectivity index (χ2n) is 7.05. The number of aliphatic hydroxyl groups is 1. The quantitative estimate of drug-likeness (QED) is 0.460. The summed E-state index contributed by atoms with van der Waals surface area (Å²) in [5.41, 5.74) is 0.818. The first kappa shape index (κ1) is 20.5. The molecule has 1 aliphatic rings. The summed E-state index contributed by atoms with van der Waals surface area (Å²) in [5, 5.41) is 11.0. The Morgan fingerprint density at radius 2 is 1.79 bits per heavy atom. The number of amides is 1. The minimum absolute atomic E-state index is 0.0372. The SMILES string of the molecule is COc1ccccc1/C(O)=C1\C(=O)C(=O)N(CCN(C)C)C1c1ccc(F)cc1. The summed E-state index contributed by atoms with van der Waals surface area (Å²) in [6.45, 7) is 0.807. The van der Waals surface area contributed by atoms with Crippen molar-refractivity contribution in [2.75, 3.05) is 34.3 Å². The molecule has 2 aromatic carbocycles. The Morgan fingerprint density at radius 3 is 2.41 bits per heavy atom. The maximum absolute atomic E-state index is 13.5. The van der Waals surface area contributed by atoms with Gasteiger partial charge in [0, 0.05) is 13.1 Å². The molecule has 0 radical (unpaired) electrons. The Morgan fingerprint density at radius 1 is 1.14 bits per heavy atom. The number of hydrogen-bond acceptors (Lipinski definition) is 5. The maximum atomic E-state index is 13.5. The molecule has 1 aliphatic heterocycles. The number of methoxy groups -OCH3 is 1. The Balaban J connectivity index is 2.17. The van der Waals surface area contributed by atoms with E-state index in [1.165, 1.54) is 36.3 Å². The molecule has 1 unspecified atom stereocenters. The molecule has 0 aliphatic carbocycles. The second-order valence-corrected chi connectivity index (χ2v) is 7.05. The van der Waals surface area contributed by atoms with Gasteiger partial charge in [0.05, 0.1) is 24.3 Å². The van der Waals surface area contributed by atoms with Crippen molar-refractivity contribution in [2.24, 2.45) is 0 Å². The predicted octanol–water partition coefficient (Wildman–Crippen LogP) is 2.82. The Labute approximate surface area is 168 Å². The standard InChI is InChI=1S/C22H23FN2O4/c1-24(2)12-13-25-19(14-8-10-15(23)11-9-14)18(21(27)22(25)28)20(26)16-6-4-5-7-17(16)29-3/h4-11,19,26H,12-13H2,1-3H3/b20-18+. The number of ketones is 1. The topological polar surface area (TPSA) is 70.1 Å². The number of nitrogens with zero attached hydrogens (tertiary/aromatic N) is 2. The minimum Gasteiger partial charge on any atom is -0.507 e. The summed E-state index contributed by atoms with van der Waals surface area (Å²) >= 11 is 0. The lowest BCUT2D eigenvalue weighted by molar-refractivity contribution is -0.140. The number of rotatable bonds is 6. The molecule has 0 saturated carbocycles. The summed E-state index contributed by atoms with van der Waals surface area (Å²) in [6, 6.07) is 11.5. The van der Waals surface area contributed by atoms with Crippen LogP contribution in [0.5, 0.6) is 5.75 Å². The number of likely N-dealkylation sites (N-methyl/N-ethyl adjacent to an activating group) is 1. The van der Waals surface area contributed by atoms with Gasteiger partial charge in [-0.15, -0.1) is 0 Å². The zero-order chi connectivity index (χ0) is 21.1. The number of hydrogen-bond donors (Lipinski definition) is 1. The Kier molecular flexibility index (Phi) is 5.98. The predicted molar refractivity (Wildman–Crippen MR) is 107 cm³/mol. The van der Waals surface area contributed by atoms with Crippen LogP contribution in [0, 0.1) is 5.82 Å². The third kappa shape index (κ3) is 4.00. The van der Waals surface area contributed by atoms with Gasteiger partial charge in [0.15, 0.2) is 0 Å². The monoisotopic (exact) mass is 398 g/mol. The minimum atomic E-state index is -0.819. The van der Waals surface area contributed by atoms with Crippen molar-refractivity contribution in [3.63, 3.8) is 0 Å². The van der Waals surface area contributed by atoms with Gasteiger partial charge in [-0.2, -0.15) is 0 Å². The van der Waals surface area contributed by atoms with Crippen LogP contribution in [0.1, 0.15) is 17.2 Å². The number of benzene rings is 2. The van der Waals surface area contributed by atoms with E-state index in [-0.39, 0.29) is 17.9 Å². The van der Waals surface area contributed by atoms with E-state index in [1.54, 1.807) is 24.3 Å². The van der Waals surface area contributed by atoms with Gasteiger partial charge in [0.25, 0.3) is 11.7 Å². The lowest BCUT2D eigenvalue weighted by atomic mass is 9.95. The van der Waals surface area contributed by atoms with Crippen LogP contribution in [-0.4, -0.2) is 60.9 Å². The number of aliphatic hydroxyl groups excluding tert-OH is 1. The van der Waals surface area contributed by atoms with E-state index in [0.29, 0.717) is 23.4 Å². The summed E-state index contributed by atoms with van der Waals surface area (Å²) < 4.78 is 18.8. The van der Waals surface area contributed by atoms with Crippen LogP contribution in [0.2, 0.25) is 0 Å². The van der Waals surface area contributed by atoms with Gasteiger partial charge in [0.2, 0.25) is 0 Å². The lowest BCUT2D eigenvalue weighted by Crippen LogP contribution is -2.35. The molecule has 3 rings (SSSR count). The van der Waals surface area contributed by atoms with E-state index in [4.69, 9.17) is 4.74 Å². The highest BCUT2D eigenvalue weighted by molar-refractivity contribution is 6.46. The van der Waals surface area contributed by atoms with Crippen LogP contribution in [0.3, 0.4) is 0 Å². The van der Waals surface area contributed by atoms with Crippen LogP contribution < -0.4 is 4.74 Å². The van der Waals surface area contributed by atoms with Crippen molar-refractivity contribution >= 4 is 17.4 Å². The fraction of sp³-hybridized carbons (Fsp3) is 0.273. The highest BCUT2D eigenvalue weighted by Crippen LogP contribution is 2.40. The first-order chi connectivity index (χ1) is 13.8. The first-order valence-electron chi connectivity index (χ1n) is 9.17. The van der Waals surface area contributed by atoms with E-state index in [0.717, 1.165) is 0 Å². The molecule has 0 bridgehead atoms. The van der Waals surface area contributed by atoms with Crippen molar-refractivity contribution in [1.29, 1.82) is 0 Å². The molecule has 1 amide bonds. The molecule has 6 nitrogen and oxygen atoms in total. The van der Waals surface area contributed by atoms with Gasteiger partial charge in [-0.3, -0.25) is 9.59 Å². The number of likely N-dealkylation sites (tertiary alicyclic amines) is 1. The highest BCUT2D eigenvalue weighted by Gasteiger charge is 2.46. The molecule has 1 N–H and O–H groups in total. The van der Waals surface area contributed by atoms with Crippen molar-refractivity contribution in [3.8, 4) is 5.75 Å². The fourth-order valence-electron chi connectivity index (χ4n) is 3.40. The Bertz CT molecular complexity index is 954. The third-order valence-electron chi connectivity index (χ3n) is 4.88. The normalized spacial score (nSPS) is 18.5. The summed E-state index contributed by atoms with van der Waals surface area (Å²) in [4.78, 5) is 29.0. The van der Waals surface area contributed by atoms with Gasteiger partial charge in [-0.25, -0.2) is 4.39 Å². The molecule has 0 spiro atoms. The van der Waals surface area contributed by atoms with Crippen molar-refractivity contribution in [2.45, 2.75) is 6.04 Å². The number of para-hydroxylation sites is 1. The van der Waals surface area contributed by atoms with Crippen molar-refractivity contribution in [3.05, 3.63) is 71.0 Å². The molecule has 152 valence electrons. The van der Waals surface area contributed by atoms with Gasteiger partial charge in [0.1, 0.15) is 17.3 Å². The van der Waals surface area contributed by atoms with E-state index >= 15 is 0 Å². The van der Waals surface area contributed by atoms with Crippen LogP contribution in [0.25, 0.3) is 5.76 Å². The number of ether oxygens (including phenoxy) is 1. The molecular formula is C22H23FN2O4. The van der Waals surface area contributed by atoms with Crippen LogP contribution in [0.15, 0.2) is 54.1 Å². The first-order valence-corrected chi connectivity index (χ1v) is 9.17. The molecular weight excluding hydrogens is 375 g/mol. The summed E-state index contributed by atoms with van der Waals surface area (Å²) in [6.07, 6.45) is 0. The fourth-order valence-corrected chi connectivity index (χ4v) is 3.40. The molecule has 1 fully saturated rings. The van der Waals surface area contributed by atoms with Gasteiger partial charge in [-0.1, -0.05) is 24.3 Å². The second kappa shape index (κ2) is 8.45. The lowest BCUT2D eigenvalue weighted by Gasteiger charge is -2.26. The molecule has 0 aromatic heterocycles. The number of Topliss-reactive ketones (excluding diaryl/α,β-unsaturated/α-hetero) is 1. The zero-order valence-electron chi connectivity index (χ0n) is 16.6. The Hall–Kier alpha value is -3.19. The van der Waals surface area contributed by atoms with Gasteiger partial charge >= 0.3 is 0 Å². The van der Waals surface area contributed by atoms with Gasteiger partial charge < -0.3 is 19.6 Å². The third-order valence-corrected chi connectivity index (χ3v) is 4.88. The zero-order valence-corrected chi connectivity index (χ0v) is 16.6. The van der Waals surface area contributed by atoms with E-state index < -0.39 is 23.5 Å².